The van der Waals surface area contributed by atoms with E-state index in [1.165, 1.54) is 0 Å². The second-order valence-electron chi connectivity index (χ2n) is 5.41. The molecule has 5 heteroatoms. The highest BCUT2D eigenvalue weighted by atomic mass is 16.3. The number of aryl methyl sites for hydroxylation is 1. The molecule has 1 amide bonds. The summed E-state index contributed by atoms with van der Waals surface area (Å²) in [5, 5.41) is 12.8. The van der Waals surface area contributed by atoms with Gasteiger partial charge in [-0.25, -0.2) is 4.98 Å². The van der Waals surface area contributed by atoms with Gasteiger partial charge in [-0.2, -0.15) is 0 Å². The zero-order valence-electron chi connectivity index (χ0n) is 12.7. The summed E-state index contributed by atoms with van der Waals surface area (Å²) in [6, 6.07) is 17.1. The van der Waals surface area contributed by atoms with Gasteiger partial charge in [-0.1, -0.05) is 42.5 Å². The first kappa shape index (κ1) is 15.2. The number of imidazole rings is 1. The topological polar surface area (TPSA) is 67.2 Å². The third kappa shape index (κ3) is 3.76. The number of rotatable bonds is 6. The predicted octanol–water partition coefficient (Wildman–Crippen LogP) is 2.28. The van der Waals surface area contributed by atoms with Gasteiger partial charge in [0.1, 0.15) is 0 Å². The molecule has 0 spiro atoms. The molecule has 0 fully saturated rings. The third-order valence-corrected chi connectivity index (χ3v) is 3.78. The lowest BCUT2D eigenvalue weighted by molar-refractivity contribution is -0.121. The standard InChI is InChI=1S/C18H19N3O2/c22-17(14-6-2-1-3-7-14)12-19-18(23)10-11-21-13-20-15-8-4-5-9-16(15)21/h1-9,13,17,22H,10-12H2,(H,19,23). The molecule has 0 aliphatic carbocycles. The van der Waals surface area contributed by atoms with Crippen LogP contribution in [-0.2, 0) is 11.3 Å². The van der Waals surface area contributed by atoms with Crippen LogP contribution in [-0.4, -0.2) is 27.1 Å². The van der Waals surface area contributed by atoms with Gasteiger partial charge in [0.15, 0.2) is 0 Å². The number of aromatic nitrogens is 2. The molecule has 23 heavy (non-hydrogen) atoms. The van der Waals surface area contributed by atoms with Gasteiger partial charge >= 0.3 is 0 Å². The largest absolute Gasteiger partial charge is 0.387 e. The predicted molar refractivity (Wildman–Crippen MR) is 88.8 cm³/mol. The lowest BCUT2D eigenvalue weighted by Crippen LogP contribution is -2.29. The van der Waals surface area contributed by atoms with Gasteiger partial charge in [-0.15, -0.1) is 0 Å². The minimum atomic E-state index is -0.686. The number of nitrogens with zero attached hydrogens (tertiary/aromatic N) is 2. The fourth-order valence-corrected chi connectivity index (χ4v) is 2.50. The van der Waals surface area contributed by atoms with E-state index in [1.54, 1.807) is 6.33 Å². The van der Waals surface area contributed by atoms with Gasteiger partial charge in [0, 0.05) is 19.5 Å². The molecule has 2 aromatic carbocycles. The molecule has 1 unspecified atom stereocenters. The van der Waals surface area contributed by atoms with Crippen LogP contribution in [0.15, 0.2) is 60.9 Å². The van der Waals surface area contributed by atoms with E-state index in [9.17, 15) is 9.90 Å². The van der Waals surface area contributed by atoms with Crippen molar-refractivity contribution in [2.75, 3.05) is 6.54 Å². The molecule has 2 N–H and O–H groups in total. The van der Waals surface area contributed by atoms with E-state index in [-0.39, 0.29) is 12.5 Å². The van der Waals surface area contributed by atoms with Crippen LogP contribution >= 0.6 is 0 Å². The van der Waals surface area contributed by atoms with Crippen molar-refractivity contribution in [2.24, 2.45) is 0 Å². The summed E-state index contributed by atoms with van der Waals surface area (Å²) in [4.78, 5) is 16.3. The minimum Gasteiger partial charge on any atom is -0.387 e. The first-order valence-electron chi connectivity index (χ1n) is 7.63. The fourth-order valence-electron chi connectivity index (χ4n) is 2.50. The van der Waals surface area contributed by atoms with Crippen molar-refractivity contribution in [2.45, 2.75) is 19.1 Å². The molecular weight excluding hydrogens is 290 g/mol. The number of benzene rings is 2. The van der Waals surface area contributed by atoms with Crippen LogP contribution in [0.5, 0.6) is 0 Å². The molecule has 118 valence electrons. The van der Waals surface area contributed by atoms with Gasteiger partial charge in [0.25, 0.3) is 0 Å². The highest BCUT2D eigenvalue weighted by Crippen LogP contribution is 2.13. The van der Waals surface area contributed by atoms with Crippen LogP contribution in [0.4, 0.5) is 0 Å². The summed E-state index contributed by atoms with van der Waals surface area (Å²) in [5.74, 6) is -0.0854. The number of amides is 1. The summed E-state index contributed by atoms with van der Waals surface area (Å²) in [6.07, 6.45) is 1.41. The molecule has 0 saturated heterocycles. The average molecular weight is 309 g/mol. The monoisotopic (exact) mass is 309 g/mol. The van der Waals surface area contributed by atoms with Crippen molar-refractivity contribution in [3.05, 3.63) is 66.5 Å². The maximum absolute atomic E-state index is 12.0. The summed E-state index contributed by atoms with van der Waals surface area (Å²) < 4.78 is 1.96. The summed E-state index contributed by atoms with van der Waals surface area (Å²) in [7, 11) is 0. The van der Waals surface area contributed by atoms with Crippen LogP contribution in [0.3, 0.4) is 0 Å². The molecule has 0 radical (unpaired) electrons. The van der Waals surface area contributed by atoms with Crippen molar-refractivity contribution in [3.8, 4) is 0 Å². The zero-order chi connectivity index (χ0) is 16.1. The van der Waals surface area contributed by atoms with Crippen LogP contribution in [0.25, 0.3) is 11.0 Å². The molecule has 1 atom stereocenters. The summed E-state index contributed by atoms with van der Waals surface area (Å²) in [6.45, 7) is 0.779. The number of carbonyl (C=O) groups is 1. The molecule has 1 aromatic heterocycles. The van der Waals surface area contributed by atoms with Gasteiger partial charge in [0.2, 0.25) is 5.91 Å². The highest BCUT2D eigenvalue weighted by Gasteiger charge is 2.09. The number of hydrogen-bond donors (Lipinski definition) is 2. The number of carbonyl (C=O) groups excluding carboxylic acids is 1. The number of nitrogens with one attached hydrogen (secondary N) is 1. The van der Waals surface area contributed by atoms with Gasteiger partial charge in [-0.3, -0.25) is 4.79 Å². The minimum absolute atomic E-state index is 0.0854. The second-order valence-corrected chi connectivity index (χ2v) is 5.41. The molecule has 3 rings (SSSR count). The molecule has 3 aromatic rings. The molecule has 0 aliphatic rings. The van der Waals surface area contributed by atoms with Crippen LogP contribution in [0.1, 0.15) is 18.1 Å². The van der Waals surface area contributed by atoms with Crippen molar-refractivity contribution in [1.29, 1.82) is 0 Å². The lowest BCUT2D eigenvalue weighted by Gasteiger charge is -2.12. The summed E-state index contributed by atoms with van der Waals surface area (Å²) in [5.41, 5.74) is 2.74. The molecular formula is C18H19N3O2. The van der Waals surface area contributed by atoms with Crippen LogP contribution in [0.2, 0.25) is 0 Å². The van der Waals surface area contributed by atoms with E-state index < -0.39 is 6.10 Å². The molecule has 0 aliphatic heterocycles. The van der Waals surface area contributed by atoms with Crippen LogP contribution in [0, 0.1) is 0 Å². The van der Waals surface area contributed by atoms with Crippen molar-refractivity contribution >= 4 is 16.9 Å². The number of aliphatic hydroxyl groups is 1. The Bertz CT molecular complexity index is 783. The molecule has 0 saturated carbocycles. The van der Waals surface area contributed by atoms with Crippen molar-refractivity contribution < 1.29 is 9.90 Å². The normalized spacial score (nSPS) is 12.2. The van der Waals surface area contributed by atoms with Crippen molar-refractivity contribution in [3.63, 3.8) is 0 Å². The smallest absolute Gasteiger partial charge is 0.221 e. The number of hydrogen-bond acceptors (Lipinski definition) is 3. The quantitative estimate of drug-likeness (QED) is 0.734. The van der Waals surface area contributed by atoms with Crippen LogP contribution < -0.4 is 5.32 Å². The van der Waals surface area contributed by atoms with E-state index in [0.717, 1.165) is 16.6 Å². The zero-order valence-corrected chi connectivity index (χ0v) is 12.7. The molecule has 5 nitrogen and oxygen atoms in total. The Morgan fingerprint density at radius 3 is 2.70 bits per heavy atom. The number of fused-ring (bicyclic) bond motifs is 1. The summed E-state index contributed by atoms with van der Waals surface area (Å²) >= 11 is 0. The Labute approximate surface area is 134 Å². The Hall–Kier alpha value is -2.66. The average Bonchev–Trinajstić information content (AvgIpc) is 3.02. The Kier molecular flexibility index (Phi) is 4.68. The van der Waals surface area contributed by atoms with E-state index in [1.807, 2.05) is 59.2 Å². The first-order chi connectivity index (χ1) is 11.2. The molecule has 1 heterocycles. The van der Waals surface area contributed by atoms with E-state index in [0.29, 0.717) is 13.0 Å². The second kappa shape index (κ2) is 7.07. The lowest BCUT2D eigenvalue weighted by atomic mass is 10.1. The Morgan fingerprint density at radius 1 is 1.13 bits per heavy atom. The Balaban J connectivity index is 1.50. The third-order valence-electron chi connectivity index (χ3n) is 3.78. The van der Waals surface area contributed by atoms with E-state index in [2.05, 4.69) is 10.3 Å². The van der Waals surface area contributed by atoms with E-state index >= 15 is 0 Å². The Morgan fingerprint density at radius 2 is 1.87 bits per heavy atom. The molecule has 0 bridgehead atoms. The maximum Gasteiger partial charge on any atom is 0.221 e. The van der Waals surface area contributed by atoms with E-state index in [4.69, 9.17) is 0 Å². The highest BCUT2D eigenvalue weighted by molar-refractivity contribution is 5.77. The number of aliphatic hydroxyl groups excluding tert-OH is 1. The maximum atomic E-state index is 12.0. The van der Waals surface area contributed by atoms with Crippen molar-refractivity contribution in [1.82, 2.24) is 14.9 Å². The van der Waals surface area contributed by atoms with Gasteiger partial charge in [0.05, 0.1) is 23.5 Å². The van der Waals surface area contributed by atoms with Gasteiger partial charge < -0.3 is 15.0 Å². The number of para-hydroxylation sites is 2. The SMILES string of the molecule is O=C(CCn1cnc2ccccc21)NCC(O)c1ccccc1. The first-order valence-corrected chi connectivity index (χ1v) is 7.63. The van der Waals surface area contributed by atoms with Gasteiger partial charge in [-0.05, 0) is 17.7 Å². The fraction of sp³-hybridized carbons (Fsp3) is 0.222.